The first-order chi connectivity index (χ1) is 7.89. The van der Waals surface area contributed by atoms with Crippen LogP contribution in [0.2, 0.25) is 0 Å². The maximum atomic E-state index is 11.4. The molecule has 8 heteroatoms. The number of hydrogen-bond donors (Lipinski definition) is 2. The molecule has 1 rings (SSSR count). The van der Waals surface area contributed by atoms with E-state index in [1.54, 1.807) is 0 Å². The van der Waals surface area contributed by atoms with Gasteiger partial charge in [0.05, 0.1) is 23.4 Å². The third-order valence-corrected chi connectivity index (χ3v) is 4.04. The number of benzene rings is 1. The third kappa shape index (κ3) is 3.69. The largest absolute Gasteiger partial charge is 0.497 e. The van der Waals surface area contributed by atoms with E-state index in [0.29, 0.717) is 5.75 Å². The van der Waals surface area contributed by atoms with Crippen molar-refractivity contribution in [2.24, 2.45) is 0 Å². The van der Waals surface area contributed by atoms with Gasteiger partial charge in [0.1, 0.15) is 5.75 Å². The lowest BCUT2D eigenvalue weighted by atomic mass is 10.3. The molecule has 6 nitrogen and oxygen atoms in total. The third-order valence-electron chi connectivity index (χ3n) is 2.02. The average molecular weight is 279 g/mol. The number of nitrogens with one attached hydrogen (secondary N) is 1. The number of methoxy groups -OCH3 is 1. The second-order valence-electron chi connectivity index (χ2n) is 3.12. The summed E-state index contributed by atoms with van der Waals surface area (Å²) in [6.45, 7) is 1.47. The predicted molar refractivity (Wildman–Crippen MR) is 65.1 cm³/mol. The normalized spacial score (nSPS) is 13.1. The summed E-state index contributed by atoms with van der Waals surface area (Å²) in [4.78, 5) is -0.0113. The lowest BCUT2D eigenvalue weighted by Gasteiger charge is -2.10. The molecule has 0 amide bonds. The fourth-order valence-electron chi connectivity index (χ4n) is 1.11. The van der Waals surface area contributed by atoms with Crippen LogP contribution in [0.15, 0.2) is 23.1 Å². The number of anilines is 1. The molecule has 2 N–H and O–H groups in total. The van der Waals surface area contributed by atoms with Crippen LogP contribution < -0.4 is 9.46 Å². The van der Waals surface area contributed by atoms with E-state index in [1.165, 1.54) is 32.2 Å². The van der Waals surface area contributed by atoms with Gasteiger partial charge < -0.3 is 9.29 Å². The molecule has 17 heavy (non-hydrogen) atoms. The Labute approximate surface area is 102 Å². The molecule has 1 unspecified atom stereocenters. The van der Waals surface area contributed by atoms with E-state index >= 15 is 0 Å². The van der Waals surface area contributed by atoms with Gasteiger partial charge in [-0.2, -0.15) is 0 Å². The van der Waals surface area contributed by atoms with Gasteiger partial charge in [-0.1, -0.05) is 0 Å². The van der Waals surface area contributed by atoms with E-state index in [2.05, 4.69) is 4.72 Å². The zero-order chi connectivity index (χ0) is 13.1. The molecule has 96 valence electrons. The van der Waals surface area contributed by atoms with Gasteiger partial charge in [-0.25, -0.2) is 12.6 Å². The molecule has 0 fully saturated rings. The Balaban J connectivity index is 3.23. The van der Waals surface area contributed by atoms with Crippen molar-refractivity contribution >= 4 is 26.8 Å². The Hall–Kier alpha value is -1.12. The summed E-state index contributed by atoms with van der Waals surface area (Å²) < 4.78 is 50.0. The maximum absolute atomic E-state index is 11.4. The fourth-order valence-corrected chi connectivity index (χ4v) is 2.30. The molecule has 1 aromatic rings. The summed E-state index contributed by atoms with van der Waals surface area (Å²) in [6, 6.07) is 4.17. The van der Waals surface area contributed by atoms with Crippen LogP contribution >= 0.6 is 0 Å². The fraction of sp³-hybridized carbons (Fsp3) is 0.333. The molecular formula is C9H13NO5S2. The highest BCUT2D eigenvalue weighted by Gasteiger charge is 2.14. The molecular weight excluding hydrogens is 266 g/mol. The molecule has 0 heterocycles. The minimum absolute atomic E-state index is 0.0113. The second kappa shape index (κ2) is 5.48. The molecule has 0 radical (unpaired) electrons. The number of rotatable bonds is 5. The minimum atomic E-state index is -3.50. The van der Waals surface area contributed by atoms with E-state index in [4.69, 9.17) is 9.29 Å². The molecule has 1 atom stereocenters. The minimum Gasteiger partial charge on any atom is -0.497 e. The zero-order valence-corrected chi connectivity index (χ0v) is 11.0. The maximum Gasteiger partial charge on any atom is 0.232 e. The van der Waals surface area contributed by atoms with Gasteiger partial charge in [-0.3, -0.25) is 4.72 Å². The van der Waals surface area contributed by atoms with Gasteiger partial charge in [-0.05, 0) is 19.1 Å². The lowest BCUT2D eigenvalue weighted by Crippen LogP contribution is -2.16. The Morgan fingerprint density at radius 1 is 1.47 bits per heavy atom. The first kappa shape index (κ1) is 13.9. The van der Waals surface area contributed by atoms with Crippen molar-refractivity contribution in [3.05, 3.63) is 18.2 Å². The Morgan fingerprint density at radius 3 is 2.59 bits per heavy atom. The highest BCUT2D eigenvalue weighted by atomic mass is 32.2. The second-order valence-corrected chi connectivity index (χ2v) is 6.07. The molecule has 0 aliphatic rings. The van der Waals surface area contributed by atoms with Gasteiger partial charge in [0.25, 0.3) is 0 Å². The Morgan fingerprint density at radius 2 is 2.12 bits per heavy atom. The SMILES string of the molecule is CCS(=O)(=O)Nc1cc(OC)ccc1S(=O)O. The van der Waals surface area contributed by atoms with Gasteiger partial charge in [0, 0.05) is 6.07 Å². The molecule has 0 spiro atoms. The van der Waals surface area contributed by atoms with Crippen molar-refractivity contribution in [3.8, 4) is 5.75 Å². The monoisotopic (exact) mass is 279 g/mol. The molecule has 0 aliphatic carbocycles. The van der Waals surface area contributed by atoms with Gasteiger partial charge >= 0.3 is 0 Å². The Bertz CT molecular complexity index is 526. The van der Waals surface area contributed by atoms with Gasteiger partial charge in [0.15, 0.2) is 11.1 Å². The Kier molecular flexibility index (Phi) is 4.49. The van der Waals surface area contributed by atoms with E-state index in [0.717, 1.165) is 0 Å². The van der Waals surface area contributed by atoms with E-state index < -0.39 is 21.1 Å². The van der Waals surface area contributed by atoms with Crippen LogP contribution in [0.25, 0.3) is 0 Å². The van der Waals surface area contributed by atoms with E-state index in [9.17, 15) is 12.6 Å². The van der Waals surface area contributed by atoms with E-state index in [-0.39, 0.29) is 16.3 Å². The van der Waals surface area contributed by atoms with Crippen LogP contribution in [0, 0.1) is 0 Å². The van der Waals surface area contributed by atoms with E-state index in [1.807, 2.05) is 0 Å². The standard InChI is InChI=1S/C9H13NO5S2/c1-3-17(13,14)10-8-6-7(15-2)4-5-9(8)16(11)12/h4-6,10H,3H2,1-2H3,(H,11,12). The quantitative estimate of drug-likeness (QED) is 0.785. The summed E-state index contributed by atoms with van der Waals surface area (Å²) in [6.07, 6.45) is 0. The van der Waals surface area contributed by atoms with Crippen molar-refractivity contribution in [1.29, 1.82) is 0 Å². The molecule has 0 aliphatic heterocycles. The smallest absolute Gasteiger partial charge is 0.232 e. The van der Waals surface area contributed by atoms with Crippen LogP contribution in [-0.4, -0.2) is 30.0 Å². The zero-order valence-electron chi connectivity index (χ0n) is 9.34. The highest BCUT2D eigenvalue weighted by molar-refractivity contribution is 7.92. The molecule has 0 aromatic heterocycles. The van der Waals surface area contributed by atoms with Crippen molar-refractivity contribution in [1.82, 2.24) is 0 Å². The van der Waals surface area contributed by atoms with Crippen molar-refractivity contribution in [2.45, 2.75) is 11.8 Å². The average Bonchev–Trinajstić information content (AvgIpc) is 2.28. The molecule has 1 aromatic carbocycles. The summed E-state index contributed by atoms with van der Waals surface area (Å²) in [7, 11) is -2.08. The molecule has 0 bridgehead atoms. The number of ether oxygens (including phenoxy) is 1. The molecule has 0 saturated carbocycles. The molecule has 0 saturated heterocycles. The summed E-state index contributed by atoms with van der Waals surface area (Å²) >= 11 is -2.27. The first-order valence-corrected chi connectivity index (χ1v) is 7.45. The summed E-state index contributed by atoms with van der Waals surface area (Å²) in [5, 5.41) is 0. The van der Waals surface area contributed by atoms with Crippen LogP contribution in [0.1, 0.15) is 6.92 Å². The van der Waals surface area contributed by atoms with Crippen LogP contribution in [0.4, 0.5) is 5.69 Å². The lowest BCUT2D eigenvalue weighted by molar-refractivity contribution is 0.414. The van der Waals surface area contributed by atoms with Crippen molar-refractivity contribution in [3.63, 3.8) is 0 Å². The van der Waals surface area contributed by atoms with Crippen molar-refractivity contribution in [2.75, 3.05) is 17.6 Å². The highest BCUT2D eigenvalue weighted by Crippen LogP contribution is 2.25. The van der Waals surface area contributed by atoms with Crippen LogP contribution in [0.3, 0.4) is 0 Å². The predicted octanol–water partition coefficient (Wildman–Crippen LogP) is 1.04. The van der Waals surface area contributed by atoms with Gasteiger partial charge in [-0.15, -0.1) is 0 Å². The van der Waals surface area contributed by atoms with Gasteiger partial charge in [0.2, 0.25) is 10.0 Å². The first-order valence-electron chi connectivity index (χ1n) is 4.69. The number of hydrogen-bond acceptors (Lipinski definition) is 4. The summed E-state index contributed by atoms with van der Waals surface area (Å²) in [5.74, 6) is 0.273. The topological polar surface area (TPSA) is 92.7 Å². The van der Waals surface area contributed by atoms with Crippen LogP contribution in [-0.2, 0) is 21.1 Å². The number of sulfonamides is 1. The van der Waals surface area contributed by atoms with Crippen molar-refractivity contribution < 1.29 is 21.9 Å². The summed E-state index contributed by atoms with van der Waals surface area (Å²) in [5.41, 5.74) is 0.0482. The van der Waals surface area contributed by atoms with Crippen LogP contribution in [0.5, 0.6) is 5.75 Å².